The summed E-state index contributed by atoms with van der Waals surface area (Å²) in [6, 6.07) is 23.0. The maximum atomic E-state index is 4.32. The minimum atomic E-state index is 0.362. The van der Waals surface area contributed by atoms with Crippen LogP contribution in [0.15, 0.2) is 76.7 Å². The molecule has 1 aromatic heterocycles. The lowest BCUT2D eigenvalue weighted by Gasteiger charge is -2.54. The predicted molar refractivity (Wildman–Crippen MR) is 175 cm³/mol. The zero-order valence-corrected chi connectivity index (χ0v) is 26.5. The smallest absolute Gasteiger partial charge is 0.0383 e. The molecule has 0 spiro atoms. The summed E-state index contributed by atoms with van der Waals surface area (Å²) >= 11 is 1.82. The van der Waals surface area contributed by atoms with Gasteiger partial charge in [-0.25, -0.2) is 0 Å². The van der Waals surface area contributed by atoms with Crippen LogP contribution in [0.5, 0.6) is 0 Å². The van der Waals surface area contributed by atoms with Crippen LogP contribution in [0.2, 0.25) is 0 Å². The number of piperidine rings is 1. The summed E-state index contributed by atoms with van der Waals surface area (Å²) in [6.45, 7) is 14.2. The van der Waals surface area contributed by atoms with Crippen molar-refractivity contribution >= 4 is 17.4 Å². The van der Waals surface area contributed by atoms with Gasteiger partial charge in [-0.2, -0.15) is 0 Å². The average Bonchev–Trinajstić information content (AvgIpc) is 3.55. The second-order valence-corrected chi connectivity index (χ2v) is 14.7. The van der Waals surface area contributed by atoms with Gasteiger partial charge in [-0.05, 0) is 112 Å². The van der Waals surface area contributed by atoms with Gasteiger partial charge in [0.25, 0.3) is 0 Å². The highest BCUT2D eigenvalue weighted by Gasteiger charge is 2.51. The first-order valence-electron chi connectivity index (χ1n) is 16.6. The van der Waals surface area contributed by atoms with E-state index in [0.717, 1.165) is 30.0 Å². The highest BCUT2D eigenvalue weighted by Crippen LogP contribution is 2.53. The number of aryl methyl sites for hydroxylation is 1. The number of hydrogen-bond acceptors (Lipinski definition) is 5. The summed E-state index contributed by atoms with van der Waals surface area (Å²) in [4.78, 5) is 15.0. The first kappa shape index (κ1) is 28.4. The van der Waals surface area contributed by atoms with E-state index in [2.05, 4.69) is 94.2 Å². The molecule has 0 radical (unpaired) electrons. The van der Waals surface area contributed by atoms with Crippen molar-refractivity contribution in [1.29, 1.82) is 0 Å². The molecule has 222 valence electrons. The Kier molecular flexibility index (Phi) is 8.35. The second kappa shape index (κ2) is 12.3. The SMILES string of the molecule is CCN1Cc2ccccc2C(C2CCCC2)(C2CCN(CC3CN(c4ccc(Sc5ccnc(C)c5)cc4)C3)CC2)C1. The molecule has 2 saturated heterocycles. The van der Waals surface area contributed by atoms with E-state index in [-0.39, 0.29) is 0 Å². The average molecular weight is 581 g/mol. The number of likely N-dealkylation sites (N-methyl/N-ethyl adjacent to an activating group) is 1. The Morgan fingerprint density at radius 2 is 1.60 bits per heavy atom. The number of pyridine rings is 1. The van der Waals surface area contributed by atoms with Crippen molar-refractivity contribution in [2.45, 2.75) is 74.1 Å². The van der Waals surface area contributed by atoms with E-state index >= 15 is 0 Å². The molecule has 0 bridgehead atoms. The molecule has 1 unspecified atom stereocenters. The van der Waals surface area contributed by atoms with Gasteiger partial charge in [-0.15, -0.1) is 0 Å². The number of benzene rings is 2. The van der Waals surface area contributed by atoms with Crippen molar-refractivity contribution in [1.82, 2.24) is 14.8 Å². The molecule has 2 aromatic carbocycles. The fourth-order valence-electron chi connectivity index (χ4n) is 8.90. The van der Waals surface area contributed by atoms with Crippen LogP contribution in [-0.4, -0.2) is 60.6 Å². The maximum absolute atomic E-state index is 4.32. The van der Waals surface area contributed by atoms with E-state index < -0.39 is 0 Å². The lowest BCUT2D eigenvalue weighted by atomic mass is 9.57. The molecule has 4 aliphatic rings. The van der Waals surface area contributed by atoms with Gasteiger partial charge < -0.3 is 9.80 Å². The summed E-state index contributed by atoms with van der Waals surface area (Å²) < 4.78 is 0. The number of anilines is 1. The zero-order chi connectivity index (χ0) is 28.5. The Hall–Kier alpha value is -2.34. The summed E-state index contributed by atoms with van der Waals surface area (Å²) in [5, 5.41) is 0. The molecule has 4 nitrogen and oxygen atoms in total. The quantitative estimate of drug-likeness (QED) is 0.272. The summed E-state index contributed by atoms with van der Waals surface area (Å²) in [7, 11) is 0. The molecule has 3 aliphatic heterocycles. The van der Waals surface area contributed by atoms with Crippen molar-refractivity contribution in [3.63, 3.8) is 0 Å². The number of aromatic nitrogens is 1. The molecule has 3 fully saturated rings. The third kappa shape index (κ3) is 5.65. The molecular formula is C37H48N4S. The predicted octanol–water partition coefficient (Wildman–Crippen LogP) is 7.65. The summed E-state index contributed by atoms with van der Waals surface area (Å²) in [5.41, 5.74) is 6.16. The zero-order valence-electron chi connectivity index (χ0n) is 25.7. The largest absolute Gasteiger partial charge is 0.371 e. The van der Waals surface area contributed by atoms with E-state index in [1.54, 1.807) is 11.1 Å². The number of nitrogens with zero attached hydrogens (tertiary/aromatic N) is 4. The van der Waals surface area contributed by atoms with E-state index in [9.17, 15) is 0 Å². The van der Waals surface area contributed by atoms with Gasteiger partial charge in [-0.3, -0.25) is 9.88 Å². The fraction of sp³-hybridized carbons (Fsp3) is 0.541. The van der Waals surface area contributed by atoms with Crippen LogP contribution in [0.1, 0.15) is 62.3 Å². The Morgan fingerprint density at radius 3 is 2.33 bits per heavy atom. The number of rotatable bonds is 8. The Balaban J connectivity index is 0.951. The molecular weight excluding hydrogens is 533 g/mol. The molecule has 1 aliphatic carbocycles. The first-order valence-corrected chi connectivity index (χ1v) is 17.4. The van der Waals surface area contributed by atoms with E-state index in [0.29, 0.717) is 5.41 Å². The number of likely N-dealkylation sites (tertiary alicyclic amines) is 1. The van der Waals surface area contributed by atoms with Gasteiger partial charge >= 0.3 is 0 Å². The van der Waals surface area contributed by atoms with Crippen LogP contribution in [0.3, 0.4) is 0 Å². The second-order valence-electron chi connectivity index (χ2n) is 13.6. The molecule has 5 heteroatoms. The maximum Gasteiger partial charge on any atom is 0.0383 e. The summed E-state index contributed by atoms with van der Waals surface area (Å²) in [6.07, 6.45) is 10.4. The van der Waals surface area contributed by atoms with Gasteiger partial charge in [0.15, 0.2) is 0 Å². The monoisotopic (exact) mass is 580 g/mol. The molecule has 0 amide bonds. The van der Waals surface area contributed by atoms with Crippen molar-refractivity contribution < 1.29 is 0 Å². The molecule has 1 saturated carbocycles. The Labute approximate surface area is 257 Å². The molecule has 4 heterocycles. The lowest BCUT2D eigenvalue weighted by molar-refractivity contribution is 0.0359. The van der Waals surface area contributed by atoms with Gasteiger partial charge in [-0.1, -0.05) is 55.8 Å². The van der Waals surface area contributed by atoms with Gasteiger partial charge in [0, 0.05) is 71.4 Å². The lowest BCUT2D eigenvalue weighted by Crippen LogP contribution is -2.57. The third-order valence-corrected chi connectivity index (χ3v) is 12.0. The number of hydrogen-bond donors (Lipinski definition) is 0. The van der Waals surface area contributed by atoms with E-state index in [1.165, 1.54) is 99.8 Å². The minimum Gasteiger partial charge on any atom is -0.371 e. The van der Waals surface area contributed by atoms with Crippen LogP contribution in [0, 0.1) is 24.7 Å². The van der Waals surface area contributed by atoms with Crippen molar-refractivity contribution in [2.75, 3.05) is 50.7 Å². The fourth-order valence-corrected chi connectivity index (χ4v) is 9.80. The van der Waals surface area contributed by atoms with Gasteiger partial charge in [0.1, 0.15) is 0 Å². The van der Waals surface area contributed by atoms with Crippen LogP contribution in [-0.2, 0) is 12.0 Å². The Bertz CT molecular complexity index is 1340. The standard InChI is InChI=1S/C37H48N4S/c1-3-39-26-30-8-4-7-11-36(30)37(27-39,31-9-5-6-10-31)32-17-20-40(21-18-32)23-29-24-41(25-29)33-12-14-34(15-13-33)42-35-16-19-38-28(2)22-35/h4,7-8,11-16,19,22,29,31-32H,3,5-6,9-10,17-18,20-21,23-27H2,1-2H3. The van der Waals surface area contributed by atoms with Crippen molar-refractivity contribution in [3.05, 3.63) is 83.7 Å². The van der Waals surface area contributed by atoms with Crippen LogP contribution < -0.4 is 4.90 Å². The molecule has 7 rings (SSSR count). The van der Waals surface area contributed by atoms with Crippen molar-refractivity contribution in [3.8, 4) is 0 Å². The van der Waals surface area contributed by atoms with Gasteiger partial charge in [0.05, 0.1) is 0 Å². The third-order valence-electron chi connectivity index (χ3n) is 11.0. The highest BCUT2D eigenvalue weighted by atomic mass is 32.2. The molecule has 0 N–H and O–H groups in total. The van der Waals surface area contributed by atoms with E-state index in [4.69, 9.17) is 0 Å². The highest BCUT2D eigenvalue weighted by molar-refractivity contribution is 7.99. The van der Waals surface area contributed by atoms with Gasteiger partial charge in [0.2, 0.25) is 0 Å². The summed E-state index contributed by atoms with van der Waals surface area (Å²) in [5.74, 6) is 2.48. The first-order chi connectivity index (χ1) is 20.6. The normalized spacial score (nSPS) is 24.6. The van der Waals surface area contributed by atoms with Crippen LogP contribution in [0.4, 0.5) is 5.69 Å². The van der Waals surface area contributed by atoms with Crippen LogP contribution in [0.25, 0.3) is 0 Å². The Morgan fingerprint density at radius 1 is 0.857 bits per heavy atom. The molecule has 1 atom stereocenters. The number of fused-ring (bicyclic) bond motifs is 1. The topological polar surface area (TPSA) is 22.6 Å². The van der Waals surface area contributed by atoms with E-state index in [1.807, 2.05) is 18.0 Å². The molecule has 3 aromatic rings. The van der Waals surface area contributed by atoms with Crippen molar-refractivity contribution in [2.24, 2.45) is 17.8 Å². The molecule has 42 heavy (non-hydrogen) atoms. The van der Waals surface area contributed by atoms with Crippen LogP contribution >= 0.6 is 11.8 Å². The minimum absolute atomic E-state index is 0.362.